The highest BCUT2D eigenvalue weighted by molar-refractivity contribution is 5.98. The lowest BCUT2D eigenvalue weighted by Gasteiger charge is -2.42. The minimum atomic E-state index is -0.447. The zero-order valence-electron chi connectivity index (χ0n) is 30.4. The number of nitrogens with two attached hydrogens (primary N) is 1. The summed E-state index contributed by atoms with van der Waals surface area (Å²) in [7, 11) is 0. The molecule has 2 saturated heterocycles. The van der Waals surface area contributed by atoms with Crippen molar-refractivity contribution in [3.05, 3.63) is 60.9 Å². The van der Waals surface area contributed by atoms with Gasteiger partial charge in [0, 0.05) is 64.0 Å². The van der Waals surface area contributed by atoms with Crippen molar-refractivity contribution >= 4 is 22.9 Å². The van der Waals surface area contributed by atoms with E-state index in [1.54, 1.807) is 6.33 Å². The Balaban J connectivity index is 0.876. The van der Waals surface area contributed by atoms with Gasteiger partial charge in [-0.2, -0.15) is 5.10 Å². The highest BCUT2D eigenvalue weighted by Crippen LogP contribution is 2.37. The Hall–Kier alpha value is -4.26. The Bertz CT molecular complexity index is 1730. The molecule has 12 heteroatoms. The maximum atomic E-state index is 12.4. The van der Waals surface area contributed by atoms with Crippen LogP contribution in [0.5, 0.6) is 11.5 Å². The van der Waals surface area contributed by atoms with Crippen LogP contribution in [0.1, 0.15) is 58.9 Å². The fourth-order valence-corrected chi connectivity index (χ4v) is 7.78. The highest BCUT2D eigenvalue weighted by atomic mass is 16.6. The van der Waals surface area contributed by atoms with Crippen molar-refractivity contribution in [1.29, 1.82) is 0 Å². The number of nitrogens with zero attached hydrogens (tertiary/aromatic N) is 8. The summed E-state index contributed by atoms with van der Waals surface area (Å²) in [6.07, 6.45) is 6.97. The molecule has 51 heavy (non-hydrogen) atoms. The van der Waals surface area contributed by atoms with E-state index in [1.807, 2.05) is 80.3 Å². The predicted octanol–water partition coefficient (Wildman–Crippen LogP) is 5.91. The zero-order valence-corrected chi connectivity index (χ0v) is 30.4. The van der Waals surface area contributed by atoms with Crippen LogP contribution in [0.2, 0.25) is 0 Å². The molecule has 0 bridgehead atoms. The number of ether oxygens (including phenoxy) is 2. The Kier molecular flexibility index (Phi) is 10.7. The maximum absolute atomic E-state index is 12.4. The van der Waals surface area contributed by atoms with Gasteiger partial charge in [0.05, 0.1) is 11.4 Å². The molecule has 272 valence electrons. The molecule has 0 unspecified atom stereocenters. The summed E-state index contributed by atoms with van der Waals surface area (Å²) in [5, 5.41) is 5.95. The van der Waals surface area contributed by atoms with E-state index < -0.39 is 5.60 Å². The molecule has 1 amide bonds. The molecule has 0 spiro atoms. The summed E-state index contributed by atoms with van der Waals surface area (Å²) in [5.74, 6) is 2.03. The van der Waals surface area contributed by atoms with Crippen molar-refractivity contribution in [3.8, 4) is 22.8 Å². The number of nitrogen functional groups attached to an aromatic ring is 1. The second kappa shape index (κ2) is 15.5. The average Bonchev–Trinajstić information content (AvgIpc) is 3.53. The quantitative estimate of drug-likeness (QED) is 0.226. The van der Waals surface area contributed by atoms with Gasteiger partial charge < -0.3 is 25.0 Å². The molecule has 4 heterocycles. The molecule has 1 saturated carbocycles. The van der Waals surface area contributed by atoms with Crippen LogP contribution >= 0.6 is 0 Å². The number of amides is 1. The minimum absolute atomic E-state index is 0.190. The zero-order chi connectivity index (χ0) is 35.4. The van der Waals surface area contributed by atoms with Crippen LogP contribution in [0.15, 0.2) is 60.9 Å². The second-order valence-electron chi connectivity index (χ2n) is 15.2. The Labute approximate surface area is 301 Å². The van der Waals surface area contributed by atoms with Gasteiger partial charge in [-0.3, -0.25) is 9.80 Å². The van der Waals surface area contributed by atoms with Crippen LogP contribution in [0, 0.1) is 0 Å². The van der Waals surface area contributed by atoms with Crippen LogP contribution in [0.4, 0.5) is 10.6 Å². The van der Waals surface area contributed by atoms with Crippen LogP contribution in [-0.4, -0.2) is 123 Å². The number of anilines is 1. The number of carbonyl (C=O) groups is 1. The molecule has 3 aliphatic rings. The van der Waals surface area contributed by atoms with E-state index >= 15 is 0 Å². The number of carbonyl (C=O) groups excluding carboxylic acids is 1. The van der Waals surface area contributed by atoms with Gasteiger partial charge in [0.25, 0.3) is 0 Å². The number of aromatic nitrogens is 4. The summed E-state index contributed by atoms with van der Waals surface area (Å²) < 4.78 is 13.7. The van der Waals surface area contributed by atoms with E-state index in [1.165, 1.54) is 0 Å². The average molecular weight is 696 g/mol. The van der Waals surface area contributed by atoms with Gasteiger partial charge in [0.1, 0.15) is 34.9 Å². The van der Waals surface area contributed by atoms with E-state index in [0.717, 1.165) is 131 Å². The van der Waals surface area contributed by atoms with Gasteiger partial charge >= 0.3 is 6.09 Å². The van der Waals surface area contributed by atoms with Gasteiger partial charge in [0.2, 0.25) is 0 Å². The van der Waals surface area contributed by atoms with E-state index in [9.17, 15) is 4.79 Å². The third-order valence-corrected chi connectivity index (χ3v) is 10.5. The van der Waals surface area contributed by atoms with Crippen molar-refractivity contribution in [2.24, 2.45) is 0 Å². The Morgan fingerprint density at radius 3 is 2.04 bits per heavy atom. The molecule has 2 aromatic carbocycles. The Morgan fingerprint density at radius 1 is 0.784 bits per heavy atom. The molecule has 1 aliphatic carbocycles. The topological polar surface area (TPSA) is 118 Å². The van der Waals surface area contributed by atoms with Crippen LogP contribution in [0.25, 0.3) is 22.3 Å². The summed E-state index contributed by atoms with van der Waals surface area (Å²) in [5.41, 5.74) is 8.58. The predicted molar refractivity (Wildman–Crippen MR) is 200 cm³/mol. The molecule has 2 aliphatic heterocycles. The smallest absolute Gasteiger partial charge is 0.410 e. The number of hydrogen-bond donors (Lipinski definition) is 1. The summed E-state index contributed by atoms with van der Waals surface area (Å²) in [6.45, 7) is 15.8. The summed E-state index contributed by atoms with van der Waals surface area (Å²) in [4.78, 5) is 31.0. The lowest BCUT2D eigenvalue weighted by atomic mass is 9.90. The minimum Gasteiger partial charge on any atom is -0.457 e. The Morgan fingerprint density at radius 2 is 1.39 bits per heavy atom. The van der Waals surface area contributed by atoms with Crippen LogP contribution < -0.4 is 10.5 Å². The number of fused-ring (bicyclic) bond motifs is 1. The van der Waals surface area contributed by atoms with Gasteiger partial charge in [-0.05, 0) is 102 Å². The standard InChI is InChI=1S/C39H53N9O3/c1-39(2,3)51-38(49)47-26-22-45(23-27-47)19-7-18-44-20-24-46(25-21-44)30-12-14-31(15-13-30)48-37-34(36(40)41-28-42-37)35(43-48)29-10-16-33(17-11-29)50-32-8-5-4-6-9-32/h4-6,8-11,16-17,28,30-31H,7,12-15,18-27H2,1-3H3,(H2,40,41,42). The number of hydrogen-bond acceptors (Lipinski definition) is 10. The van der Waals surface area contributed by atoms with E-state index in [2.05, 4.69) is 29.3 Å². The van der Waals surface area contributed by atoms with Gasteiger partial charge in [-0.25, -0.2) is 19.4 Å². The first-order valence-electron chi connectivity index (χ1n) is 18.7. The van der Waals surface area contributed by atoms with Gasteiger partial charge in [-0.1, -0.05) is 18.2 Å². The molecular formula is C39H53N9O3. The number of piperazine rings is 2. The summed E-state index contributed by atoms with van der Waals surface area (Å²) >= 11 is 0. The molecular weight excluding hydrogens is 642 g/mol. The first-order chi connectivity index (χ1) is 24.7. The van der Waals surface area contributed by atoms with Crippen LogP contribution in [0.3, 0.4) is 0 Å². The molecule has 3 fully saturated rings. The lowest BCUT2D eigenvalue weighted by molar-refractivity contribution is 0.0140. The molecule has 2 aromatic heterocycles. The fraction of sp³-hybridized carbons (Fsp3) is 0.538. The van der Waals surface area contributed by atoms with E-state index in [0.29, 0.717) is 11.9 Å². The van der Waals surface area contributed by atoms with Crippen LogP contribution in [-0.2, 0) is 4.74 Å². The molecule has 4 aromatic rings. The second-order valence-corrected chi connectivity index (χ2v) is 15.2. The fourth-order valence-electron chi connectivity index (χ4n) is 7.78. The van der Waals surface area contributed by atoms with Gasteiger partial charge in [-0.15, -0.1) is 0 Å². The number of rotatable bonds is 9. The van der Waals surface area contributed by atoms with E-state index in [4.69, 9.17) is 20.3 Å². The largest absolute Gasteiger partial charge is 0.457 e. The molecule has 12 nitrogen and oxygen atoms in total. The van der Waals surface area contributed by atoms with Crippen molar-refractivity contribution < 1.29 is 14.3 Å². The van der Waals surface area contributed by atoms with Crippen molar-refractivity contribution in [2.75, 3.05) is 71.2 Å². The third kappa shape index (κ3) is 8.62. The molecule has 0 atom stereocenters. The lowest BCUT2D eigenvalue weighted by Crippen LogP contribution is -2.52. The highest BCUT2D eigenvalue weighted by Gasteiger charge is 2.31. The number of para-hydroxylation sites is 1. The normalized spacial score (nSPS) is 21.2. The van der Waals surface area contributed by atoms with Gasteiger partial charge in [0.15, 0.2) is 5.65 Å². The monoisotopic (exact) mass is 695 g/mol. The third-order valence-electron chi connectivity index (χ3n) is 10.5. The molecule has 2 N–H and O–H groups in total. The van der Waals surface area contributed by atoms with Crippen molar-refractivity contribution in [2.45, 2.75) is 70.6 Å². The van der Waals surface area contributed by atoms with Crippen molar-refractivity contribution in [1.82, 2.24) is 39.3 Å². The van der Waals surface area contributed by atoms with Crippen molar-refractivity contribution in [3.63, 3.8) is 0 Å². The molecule has 7 rings (SSSR count). The summed E-state index contributed by atoms with van der Waals surface area (Å²) in [6, 6.07) is 18.7. The van der Waals surface area contributed by atoms with E-state index in [-0.39, 0.29) is 12.1 Å². The first-order valence-corrected chi connectivity index (χ1v) is 18.7. The first kappa shape index (κ1) is 35.2. The number of benzene rings is 2. The maximum Gasteiger partial charge on any atom is 0.410 e. The molecule has 0 radical (unpaired) electrons. The SMILES string of the molecule is CC(C)(C)OC(=O)N1CCN(CCCN2CCN(C3CCC(n4nc(-c5ccc(Oc6ccccc6)cc5)c5c(N)ncnc54)CC3)CC2)CC1.